The molecule has 6 heteroatoms. The number of carbonyl (C=O) groups excluding carboxylic acids is 2. The van der Waals surface area contributed by atoms with Crippen molar-refractivity contribution in [1.29, 1.82) is 0 Å². The second kappa shape index (κ2) is 7.97. The van der Waals surface area contributed by atoms with Gasteiger partial charge in [-0.3, -0.25) is 4.79 Å². The van der Waals surface area contributed by atoms with Crippen molar-refractivity contribution in [2.24, 2.45) is 16.9 Å². The van der Waals surface area contributed by atoms with Crippen molar-refractivity contribution < 1.29 is 14.3 Å². The van der Waals surface area contributed by atoms with Crippen LogP contribution in [0.2, 0.25) is 0 Å². The van der Waals surface area contributed by atoms with Crippen LogP contribution >= 0.6 is 0 Å². The number of primary amides is 1. The largest absolute Gasteiger partial charge is 0.440 e. The molecule has 23 heavy (non-hydrogen) atoms. The summed E-state index contributed by atoms with van der Waals surface area (Å²) in [7, 11) is 0. The molecule has 0 aliphatic carbocycles. The molecular weight excluding hydrogens is 294 g/mol. The Hall–Kier alpha value is -2.08. The Morgan fingerprint density at radius 2 is 1.83 bits per heavy atom. The van der Waals surface area contributed by atoms with Gasteiger partial charge in [-0.05, 0) is 43.2 Å². The number of benzene rings is 1. The minimum Gasteiger partial charge on any atom is -0.440 e. The fourth-order valence-corrected chi connectivity index (χ4v) is 3.06. The molecule has 0 saturated carbocycles. The summed E-state index contributed by atoms with van der Waals surface area (Å²) in [6, 6.07) is 10.4. The van der Waals surface area contributed by atoms with E-state index in [-0.39, 0.29) is 17.9 Å². The van der Waals surface area contributed by atoms with Crippen molar-refractivity contribution in [2.75, 3.05) is 26.2 Å². The Morgan fingerprint density at radius 1 is 1.17 bits per heavy atom. The maximum Gasteiger partial charge on any atom is 0.405 e. The van der Waals surface area contributed by atoms with Gasteiger partial charge in [0.1, 0.15) is 0 Å². The van der Waals surface area contributed by atoms with Crippen LogP contribution in [0.15, 0.2) is 30.3 Å². The third kappa shape index (κ3) is 4.96. The SMILES string of the molecule is NCC1(CCc2ccccc2)CCN(C(=O)COC(N)=O)CC1. The van der Waals surface area contributed by atoms with E-state index in [1.807, 2.05) is 18.2 Å². The molecule has 0 radical (unpaired) electrons. The molecule has 4 N–H and O–H groups in total. The molecule has 2 amide bonds. The highest BCUT2D eigenvalue weighted by molar-refractivity contribution is 5.79. The molecule has 1 fully saturated rings. The van der Waals surface area contributed by atoms with E-state index in [1.54, 1.807) is 4.90 Å². The van der Waals surface area contributed by atoms with Crippen molar-refractivity contribution in [3.05, 3.63) is 35.9 Å². The summed E-state index contributed by atoms with van der Waals surface area (Å²) in [4.78, 5) is 24.2. The van der Waals surface area contributed by atoms with Crippen LogP contribution in [0.3, 0.4) is 0 Å². The van der Waals surface area contributed by atoms with Gasteiger partial charge in [0.05, 0.1) is 0 Å². The van der Waals surface area contributed by atoms with Gasteiger partial charge >= 0.3 is 6.09 Å². The van der Waals surface area contributed by atoms with Crippen LogP contribution in [0.4, 0.5) is 4.79 Å². The molecule has 1 aromatic carbocycles. The Labute approximate surface area is 136 Å². The zero-order valence-corrected chi connectivity index (χ0v) is 13.4. The first-order valence-electron chi connectivity index (χ1n) is 7.99. The van der Waals surface area contributed by atoms with E-state index in [4.69, 9.17) is 11.5 Å². The second-order valence-corrected chi connectivity index (χ2v) is 6.18. The second-order valence-electron chi connectivity index (χ2n) is 6.18. The fraction of sp³-hybridized carbons (Fsp3) is 0.529. The standard InChI is InChI=1S/C17H25N3O3/c18-13-17(7-6-14-4-2-1-3-5-14)8-10-20(11-9-17)15(21)12-23-16(19)22/h1-5H,6-13,18H2,(H2,19,22). The number of nitrogens with zero attached hydrogens (tertiary/aromatic N) is 1. The molecule has 0 aromatic heterocycles. The van der Waals surface area contributed by atoms with Crippen LogP contribution < -0.4 is 11.5 Å². The van der Waals surface area contributed by atoms with Crippen LogP contribution in [0.5, 0.6) is 0 Å². The number of rotatable bonds is 6. The van der Waals surface area contributed by atoms with E-state index in [1.165, 1.54) is 5.56 Å². The Balaban J connectivity index is 1.84. The molecule has 1 aliphatic heterocycles. The maximum absolute atomic E-state index is 11.9. The van der Waals surface area contributed by atoms with E-state index in [9.17, 15) is 9.59 Å². The van der Waals surface area contributed by atoms with E-state index >= 15 is 0 Å². The van der Waals surface area contributed by atoms with Crippen molar-refractivity contribution in [3.8, 4) is 0 Å². The lowest BCUT2D eigenvalue weighted by atomic mass is 9.74. The Kier molecular flexibility index (Phi) is 5.98. The van der Waals surface area contributed by atoms with E-state index in [2.05, 4.69) is 16.9 Å². The van der Waals surface area contributed by atoms with Crippen LogP contribution in [-0.2, 0) is 16.0 Å². The fourth-order valence-electron chi connectivity index (χ4n) is 3.06. The smallest absolute Gasteiger partial charge is 0.405 e. The molecule has 0 bridgehead atoms. The summed E-state index contributed by atoms with van der Waals surface area (Å²) < 4.78 is 4.56. The van der Waals surface area contributed by atoms with Gasteiger partial charge in [0.25, 0.3) is 5.91 Å². The molecule has 0 atom stereocenters. The number of hydrogen-bond acceptors (Lipinski definition) is 4. The topological polar surface area (TPSA) is 98.7 Å². The molecule has 1 aliphatic rings. The first kappa shape index (κ1) is 17.3. The highest BCUT2D eigenvalue weighted by Crippen LogP contribution is 2.35. The van der Waals surface area contributed by atoms with Gasteiger partial charge in [0.2, 0.25) is 0 Å². The zero-order chi connectivity index (χ0) is 16.7. The van der Waals surface area contributed by atoms with Crippen molar-refractivity contribution in [2.45, 2.75) is 25.7 Å². The van der Waals surface area contributed by atoms with Crippen LogP contribution in [0.1, 0.15) is 24.8 Å². The van der Waals surface area contributed by atoms with Gasteiger partial charge in [-0.25, -0.2) is 4.79 Å². The maximum atomic E-state index is 11.9. The van der Waals surface area contributed by atoms with Crippen molar-refractivity contribution in [1.82, 2.24) is 4.90 Å². The predicted octanol–water partition coefficient (Wildman–Crippen LogP) is 1.28. The molecule has 2 rings (SSSR count). The third-order valence-corrected chi connectivity index (χ3v) is 4.73. The van der Waals surface area contributed by atoms with Gasteiger partial charge < -0.3 is 21.1 Å². The molecule has 0 unspecified atom stereocenters. The van der Waals surface area contributed by atoms with Crippen LogP contribution in [0.25, 0.3) is 0 Å². The average molecular weight is 319 g/mol. The summed E-state index contributed by atoms with van der Waals surface area (Å²) in [5, 5.41) is 0. The van der Waals surface area contributed by atoms with E-state index in [0.717, 1.165) is 25.7 Å². The first-order valence-corrected chi connectivity index (χ1v) is 7.99. The Bertz CT molecular complexity index is 525. The van der Waals surface area contributed by atoms with Crippen molar-refractivity contribution >= 4 is 12.0 Å². The summed E-state index contributed by atoms with van der Waals surface area (Å²) in [5.41, 5.74) is 12.3. The summed E-state index contributed by atoms with van der Waals surface area (Å²) in [6.07, 6.45) is 2.84. The molecule has 1 heterocycles. The predicted molar refractivity (Wildman–Crippen MR) is 87.6 cm³/mol. The minimum absolute atomic E-state index is 0.0805. The lowest BCUT2D eigenvalue weighted by Crippen LogP contribution is -2.47. The number of piperidine rings is 1. The number of likely N-dealkylation sites (tertiary alicyclic amines) is 1. The van der Waals surface area contributed by atoms with Gasteiger partial charge in [-0.1, -0.05) is 30.3 Å². The van der Waals surface area contributed by atoms with Crippen LogP contribution in [-0.4, -0.2) is 43.1 Å². The number of carbonyl (C=O) groups is 2. The summed E-state index contributed by atoms with van der Waals surface area (Å²) >= 11 is 0. The third-order valence-electron chi connectivity index (χ3n) is 4.73. The monoisotopic (exact) mass is 319 g/mol. The van der Waals surface area contributed by atoms with Crippen LogP contribution in [0, 0.1) is 5.41 Å². The molecule has 6 nitrogen and oxygen atoms in total. The average Bonchev–Trinajstić information content (AvgIpc) is 2.59. The zero-order valence-electron chi connectivity index (χ0n) is 13.4. The molecule has 1 saturated heterocycles. The number of aryl methyl sites for hydroxylation is 1. The minimum atomic E-state index is -0.922. The number of nitrogens with two attached hydrogens (primary N) is 2. The lowest BCUT2D eigenvalue weighted by molar-refractivity contribution is -0.136. The lowest BCUT2D eigenvalue weighted by Gasteiger charge is -2.41. The molecular formula is C17H25N3O3. The van der Waals surface area contributed by atoms with Crippen molar-refractivity contribution in [3.63, 3.8) is 0 Å². The number of hydrogen-bond donors (Lipinski definition) is 2. The van der Waals surface area contributed by atoms with Gasteiger partial charge in [0.15, 0.2) is 6.61 Å². The number of amides is 2. The molecule has 0 spiro atoms. The first-order chi connectivity index (χ1) is 11.0. The van der Waals surface area contributed by atoms with E-state index < -0.39 is 6.09 Å². The number of ether oxygens (including phenoxy) is 1. The van der Waals surface area contributed by atoms with Gasteiger partial charge in [0, 0.05) is 13.1 Å². The quantitative estimate of drug-likeness (QED) is 0.825. The van der Waals surface area contributed by atoms with Gasteiger partial charge in [-0.15, -0.1) is 0 Å². The molecule has 126 valence electrons. The molecule has 1 aromatic rings. The highest BCUT2D eigenvalue weighted by atomic mass is 16.5. The van der Waals surface area contributed by atoms with Gasteiger partial charge in [-0.2, -0.15) is 0 Å². The normalized spacial score (nSPS) is 16.8. The summed E-state index contributed by atoms with van der Waals surface area (Å²) in [6.45, 7) is 1.63. The summed E-state index contributed by atoms with van der Waals surface area (Å²) in [5.74, 6) is -0.197. The highest BCUT2D eigenvalue weighted by Gasteiger charge is 2.34. The van der Waals surface area contributed by atoms with E-state index in [0.29, 0.717) is 19.6 Å². The Morgan fingerprint density at radius 3 is 2.39 bits per heavy atom.